The molecule has 114 valence electrons. The molecule has 2 amide bonds. The lowest BCUT2D eigenvalue weighted by molar-refractivity contribution is -0.139. The molecule has 4 nitrogen and oxygen atoms in total. The molecule has 1 aliphatic carbocycles. The van der Waals surface area contributed by atoms with Crippen LogP contribution in [0, 0.1) is 6.92 Å². The summed E-state index contributed by atoms with van der Waals surface area (Å²) in [6.07, 6.45) is 6.69. The average molecular weight is 288 g/mol. The van der Waals surface area contributed by atoms with E-state index in [4.69, 9.17) is 0 Å². The Hall–Kier alpha value is -1.84. The van der Waals surface area contributed by atoms with E-state index in [-0.39, 0.29) is 6.04 Å². The molecule has 0 radical (unpaired) electrons. The second kappa shape index (κ2) is 7.81. The van der Waals surface area contributed by atoms with Crippen LogP contribution in [-0.2, 0) is 16.1 Å². The third kappa shape index (κ3) is 5.21. The molecule has 0 unspecified atom stereocenters. The summed E-state index contributed by atoms with van der Waals surface area (Å²) < 4.78 is 0. The number of hydrogen-bond acceptors (Lipinski definition) is 2. The number of hydrogen-bond donors (Lipinski definition) is 2. The van der Waals surface area contributed by atoms with Gasteiger partial charge in [-0.3, -0.25) is 9.59 Å². The van der Waals surface area contributed by atoms with E-state index >= 15 is 0 Å². The van der Waals surface area contributed by atoms with Crippen LogP contribution in [0.3, 0.4) is 0 Å². The molecule has 0 aromatic heterocycles. The lowest BCUT2D eigenvalue weighted by atomic mass is 10.1. The van der Waals surface area contributed by atoms with Crippen molar-refractivity contribution >= 4 is 11.8 Å². The summed E-state index contributed by atoms with van der Waals surface area (Å²) in [4.78, 5) is 23.7. The summed E-state index contributed by atoms with van der Waals surface area (Å²) >= 11 is 0. The molecule has 0 bridgehead atoms. The minimum Gasteiger partial charge on any atom is -0.345 e. The van der Waals surface area contributed by atoms with Gasteiger partial charge in [0.1, 0.15) is 0 Å². The summed E-state index contributed by atoms with van der Waals surface area (Å²) in [5.74, 6) is -1.05. The first kappa shape index (κ1) is 15.5. The Bertz CT molecular complexity index is 474. The predicted molar refractivity (Wildman–Crippen MR) is 82.7 cm³/mol. The highest BCUT2D eigenvalue weighted by Crippen LogP contribution is 2.17. The number of carbonyl (C=O) groups excluding carboxylic acids is 2. The highest BCUT2D eigenvalue weighted by atomic mass is 16.2. The average Bonchev–Trinajstić information content (AvgIpc) is 2.75. The number of amides is 2. The molecule has 2 N–H and O–H groups in total. The quantitative estimate of drug-likeness (QED) is 0.663. The molecule has 1 saturated carbocycles. The first-order chi connectivity index (χ1) is 10.1. The van der Waals surface area contributed by atoms with Crippen molar-refractivity contribution in [2.45, 2.75) is 58.0 Å². The predicted octanol–water partition coefficient (Wildman–Crippen LogP) is 2.45. The van der Waals surface area contributed by atoms with E-state index in [0.717, 1.165) is 31.2 Å². The molecule has 2 rings (SSSR count). The Morgan fingerprint density at radius 2 is 1.62 bits per heavy atom. The summed E-state index contributed by atoms with van der Waals surface area (Å²) in [5, 5.41) is 5.53. The van der Waals surface area contributed by atoms with Crippen molar-refractivity contribution in [2.75, 3.05) is 0 Å². The monoisotopic (exact) mass is 288 g/mol. The summed E-state index contributed by atoms with van der Waals surface area (Å²) in [6, 6.07) is 8.06. The maximum Gasteiger partial charge on any atom is 0.309 e. The van der Waals surface area contributed by atoms with Crippen molar-refractivity contribution < 1.29 is 9.59 Å². The van der Waals surface area contributed by atoms with Gasteiger partial charge in [-0.1, -0.05) is 55.5 Å². The standard InChI is InChI=1S/C17H24N2O2/c1-13-8-10-14(11-9-13)12-18-16(20)17(21)19-15-6-4-2-3-5-7-15/h8-11,15H,2-7,12H2,1H3,(H,18,20)(H,19,21). The van der Waals surface area contributed by atoms with Crippen LogP contribution in [0.4, 0.5) is 0 Å². The molecule has 0 heterocycles. The van der Waals surface area contributed by atoms with E-state index in [0.29, 0.717) is 6.54 Å². The molecular weight excluding hydrogens is 264 g/mol. The molecule has 1 aromatic rings. The van der Waals surface area contributed by atoms with Gasteiger partial charge in [-0.15, -0.1) is 0 Å². The largest absolute Gasteiger partial charge is 0.345 e. The van der Waals surface area contributed by atoms with Gasteiger partial charge in [0.2, 0.25) is 0 Å². The third-order valence-corrected chi connectivity index (χ3v) is 3.97. The van der Waals surface area contributed by atoms with Crippen LogP contribution in [0.15, 0.2) is 24.3 Å². The zero-order valence-electron chi connectivity index (χ0n) is 12.7. The molecular formula is C17H24N2O2. The molecule has 1 aromatic carbocycles. The van der Waals surface area contributed by atoms with Gasteiger partial charge in [0.25, 0.3) is 0 Å². The molecule has 1 fully saturated rings. The van der Waals surface area contributed by atoms with E-state index in [2.05, 4.69) is 10.6 Å². The zero-order valence-corrected chi connectivity index (χ0v) is 12.7. The Morgan fingerprint density at radius 1 is 1.00 bits per heavy atom. The minimum absolute atomic E-state index is 0.158. The zero-order chi connectivity index (χ0) is 15.1. The van der Waals surface area contributed by atoms with Crippen molar-refractivity contribution in [3.8, 4) is 0 Å². The molecule has 4 heteroatoms. The first-order valence-corrected chi connectivity index (χ1v) is 7.79. The highest BCUT2D eigenvalue weighted by Gasteiger charge is 2.19. The van der Waals surface area contributed by atoms with E-state index < -0.39 is 11.8 Å². The minimum atomic E-state index is -0.542. The fourth-order valence-corrected chi connectivity index (χ4v) is 2.64. The first-order valence-electron chi connectivity index (χ1n) is 7.79. The number of nitrogens with one attached hydrogen (secondary N) is 2. The van der Waals surface area contributed by atoms with E-state index in [1.54, 1.807) is 0 Å². The smallest absolute Gasteiger partial charge is 0.309 e. The van der Waals surface area contributed by atoms with Gasteiger partial charge in [0.05, 0.1) is 0 Å². The lowest BCUT2D eigenvalue weighted by Crippen LogP contribution is -2.44. The molecule has 0 saturated heterocycles. The molecule has 0 atom stereocenters. The summed E-state index contributed by atoms with van der Waals surface area (Å²) in [5.41, 5.74) is 2.17. The van der Waals surface area contributed by atoms with Gasteiger partial charge in [-0.25, -0.2) is 0 Å². The van der Waals surface area contributed by atoms with Crippen molar-refractivity contribution in [3.63, 3.8) is 0 Å². The van der Waals surface area contributed by atoms with Gasteiger partial charge >= 0.3 is 11.8 Å². The fourth-order valence-electron chi connectivity index (χ4n) is 2.64. The lowest BCUT2D eigenvalue weighted by Gasteiger charge is -2.15. The fraction of sp³-hybridized carbons (Fsp3) is 0.529. The Kier molecular flexibility index (Phi) is 5.78. The van der Waals surface area contributed by atoms with E-state index in [1.807, 2.05) is 31.2 Å². The van der Waals surface area contributed by atoms with Crippen molar-refractivity contribution in [2.24, 2.45) is 0 Å². The van der Waals surface area contributed by atoms with Crippen LogP contribution in [0.1, 0.15) is 49.7 Å². The number of rotatable bonds is 3. The summed E-state index contributed by atoms with van der Waals surface area (Å²) in [7, 11) is 0. The number of benzene rings is 1. The van der Waals surface area contributed by atoms with Crippen LogP contribution >= 0.6 is 0 Å². The maximum atomic E-state index is 11.9. The molecule has 0 aliphatic heterocycles. The van der Waals surface area contributed by atoms with Crippen LogP contribution in [0.5, 0.6) is 0 Å². The van der Waals surface area contributed by atoms with E-state index in [9.17, 15) is 9.59 Å². The van der Waals surface area contributed by atoms with Gasteiger partial charge in [-0.2, -0.15) is 0 Å². The van der Waals surface area contributed by atoms with Crippen LogP contribution in [0.2, 0.25) is 0 Å². The second-order valence-corrected chi connectivity index (χ2v) is 5.83. The topological polar surface area (TPSA) is 58.2 Å². The van der Waals surface area contributed by atoms with Gasteiger partial charge < -0.3 is 10.6 Å². The molecule has 1 aliphatic rings. The second-order valence-electron chi connectivity index (χ2n) is 5.83. The van der Waals surface area contributed by atoms with Crippen LogP contribution in [-0.4, -0.2) is 17.9 Å². The van der Waals surface area contributed by atoms with Crippen LogP contribution < -0.4 is 10.6 Å². The third-order valence-electron chi connectivity index (χ3n) is 3.97. The highest BCUT2D eigenvalue weighted by molar-refractivity contribution is 6.35. The SMILES string of the molecule is Cc1ccc(CNC(=O)C(=O)NC2CCCCCC2)cc1. The Morgan fingerprint density at radius 3 is 2.24 bits per heavy atom. The van der Waals surface area contributed by atoms with Crippen molar-refractivity contribution in [1.29, 1.82) is 0 Å². The Labute approximate surface area is 126 Å². The molecule has 21 heavy (non-hydrogen) atoms. The maximum absolute atomic E-state index is 11.9. The summed E-state index contributed by atoms with van der Waals surface area (Å²) in [6.45, 7) is 2.40. The van der Waals surface area contributed by atoms with E-state index in [1.165, 1.54) is 18.4 Å². The van der Waals surface area contributed by atoms with Crippen molar-refractivity contribution in [1.82, 2.24) is 10.6 Å². The number of carbonyl (C=O) groups is 2. The van der Waals surface area contributed by atoms with Crippen molar-refractivity contribution in [3.05, 3.63) is 35.4 Å². The van der Waals surface area contributed by atoms with Crippen LogP contribution in [0.25, 0.3) is 0 Å². The van der Waals surface area contributed by atoms with Gasteiger partial charge in [-0.05, 0) is 25.3 Å². The number of aryl methyl sites for hydroxylation is 1. The Balaban J connectivity index is 1.76. The molecule has 0 spiro atoms. The normalized spacial score (nSPS) is 16.0. The van der Waals surface area contributed by atoms with Gasteiger partial charge in [0.15, 0.2) is 0 Å². The van der Waals surface area contributed by atoms with Gasteiger partial charge in [0, 0.05) is 12.6 Å².